The van der Waals surface area contributed by atoms with Crippen molar-refractivity contribution in [2.24, 2.45) is 0 Å². The molecule has 0 unspecified atom stereocenters. The van der Waals surface area contributed by atoms with E-state index in [9.17, 15) is 28.8 Å². The third-order valence-electron chi connectivity index (χ3n) is 2.54. The summed E-state index contributed by atoms with van der Waals surface area (Å²) in [6.45, 7) is 13.0. The van der Waals surface area contributed by atoms with Crippen LogP contribution in [-0.2, 0) is 43.0 Å². The number of amides is 4. The molecule has 4 amide bonds. The molecular weight excluding hydrogens is 588 g/mol. The normalized spacial score (nSPS) is 7.11. The van der Waals surface area contributed by atoms with Gasteiger partial charge >= 0.3 is 11.9 Å². The smallest absolute Gasteiger partial charge is 0.302 e. The standard InChI is InChI=1S/2C4H9NO.2C3H7NO.C3H9N.2C3H6O2.C3H8.C2H7N.C2H6O/c2*1-4(6)5(2)3;2*1-3(5)4-2;1-4(2)3;2*1-3(4)5-2;3*1-3-2/h2*1-3H3;2*1-2H3,(H,4,5);1-3H3;2*1-2H3;3H2,1-2H3;3H,1-2H3;1-2H3. The van der Waals surface area contributed by atoms with Crippen molar-refractivity contribution in [2.75, 3.05) is 106 Å². The van der Waals surface area contributed by atoms with E-state index in [1.54, 1.807) is 56.5 Å². The average Bonchev–Trinajstić information content (AvgIpc) is 2.91. The molecular formula is C30H74N6O9. The van der Waals surface area contributed by atoms with Crippen LogP contribution in [0.2, 0.25) is 0 Å². The number of methoxy groups -OCH3 is 3. The Bertz CT molecular complexity index is 537. The van der Waals surface area contributed by atoms with Crippen LogP contribution in [0.1, 0.15) is 61.8 Å². The molecule has 15 heteroatoms. The molecule has 3 N–H and O–H groups in total. The minimum absolute atomic E-state index is 0.00463. The van der Waals surface area contributed by atoms with Crippen LogP contribution in [0.4, 0.5) is 0 Å². The van der Waals surface area contributed by atoms with Crippen LogP contribution in [-0.4, -0.2) is 156 Å². The molecule has 0 aliphatic rings. The van der Waals surface area contributed by atoms with E-state index in [2.05, 4.69) is 44.0 Å². The van der Waals surface area contributed by atoms with Gasteiger partial charge in [-0.15, -0.1) is 0 Å². The molecule has 0 aromatic carbocycles. The van der Waals surface area contributed by atoms with Crippen molar-refractivity contribution in [3.63, 3.8) is 0 Å². The second-order valence-corrected chi connectivity index (χ2v) is 8.79. The maximum absolute atomic E-state index is 10.1. The Morgan fingerprint density at radius 3 is 0.578 bits per heavy atom. The lowest BCUT2D eigenvalue weighted by Crippen LogP contribution is -2.17. The summed E-state index contributed by atoms with van der Waals surface area (Å²) in [5.41, 5.74) is 0. The molecule has 0 aliphatic carbocycles. The fourth-order valence-electron chi connectivity index (χ4n) is 0. The Morgan fingerprint density at radius 1 is 0.511 bits per heavy atom. The number of carbonyl (C=O) groups excluding carboxylic acids is 6. The van der Waals surface area contributed by atoms with Crippen molar-refractivity contribution in [3.8, 4) is 0 Å². The van der Waals surface area contributed by atoms with Gasteiger partial charge in [-0.05, 0) is 35.2 Å². The molecule has 0 aromatic heterocycles. The van der Waals surface area contributed by atoms with E-state index in [1.165, 1.54) is 72.0 Å². The van der Waals surface area contributed by atoms with Crippen molar-refractivity contribution >= 4 is 35.6 Å². The van der Waals surface area contributed by atoms with Gasteiger partial charge in [0.05, 0.1) is 14.2 Å². The lowest BCUT2D eigenvalue weighted by molar-refractivity contribution is -0.138. The van der Waals surface area contributed by atoms with Gasteiger partial charge in [0.15, 0.2) is 0 Å². The van der Waals surface area contributed by atoms with Gasteiger partial charge in [0.25, 0.3) is 0 Å². The van der Waals surface area contributed by atoms with E-state index in [4.69, 9.17) is 0 Å². The Balaban J connectivity index is -0.0000000382. The molecule has 0 aromatic rings. The van der Waals surface area contributed by atoms with Gasteiger partial charge in [0.1, 0.15) is 0 Å². The number of ether oxygens (including phenoxy) is 3. The van der Waals surface area contributed by atoms with Crippen LogP contribution in [0, 0.1) is 0 Å². The van der Waals surface area contributed by atoms with Crippen molar-refractivity contribution in [1.29, 1.82) is 0 Å². The zero-order valence-electron chi connectivity index (χ0n) is 33.2. The van der Waals surface area contributed by atoms with E-state index in [0.29, 0.717) is 0 Å². The van der Waals surface area contributed by atoms with Gasteiger partial charge in [-0.2, -0.15) is 0 Å². The highest BCUT2D eigenvalue weighted by Crippen LogP contribution is 1.70. The van der Waals surface area contributed by atoms with Crippen molar-refractivity contribution < 1.29 is 43.0 Å². The first-order valence-corrected chi connectivity index (χ1v) is 13.8. The van der Waals surface area contributed by atoms with Crippen LogP contribution in [0.5, 0.6) is 0 Å². The minimum Gasteiger partial charge on any atom is -0.469 e. The second kappa shape index (κ2) is 68.1. The topological polar surface area (TPSA) is 176 Å². The third kappa shape index (κ3) is 378. The van der Waals surface area contributed by atoms with Crippen LogP contribution in [0.3, 0.4) is 0 Å². The number of esters is 2. The van der Waals surface area contributed by atoms with Crippen LogP contribution in [0.25, 0.3) is 0 Å². The van der Waals surface area contributed by atoms with Crippen molar-refractivity contribution in [2.45, 2.75) is 61.8 Å². The number of nitrogens with one attached hydrogen (secondary N) is 3. The monoisotopic (exact) mass is 663 g/mol. The van der Waals surface area contributed by atoms with E-state index >= 15 is 0 Å². The Labute approximate surface area is 277 Å². The summed E-state index contributed by atoms with van der Waals surface area (Å²) in [7, 11) is 25.8. The predicted octanol–water partition coefficient (Wildman–Crippen LogP) is 1.74. The molecule has 0 aliphatic heterocycles. The summed E-state index contributed by atoms with van der Waals surface area (Å²) in [6, 6.07) is 0. The van der Waals surface area contributed by atoms with E-state index in [-0.39, 0.29) is 35.6 Å². The Kier molecular flexibility index (Phi) is 104. The zero-order chi connectivity index (χ0) is 39.1. The summed E-state index contributed by atoms with van der Waals surface area (Å²) in [5.74, 6) is -0.296. The molecule has 0 spiro atoms. The highest BCUT2D eigenvalue weighted by atomic mass is 16.5. The number of rotatable bonds is 0. The molecule has 278 valence electrons. The third-order valence-corrected chi connectivity index (χ3v) is 2.54. The van der Waals surface area contributed by atoms with Crippen LogP contribution < -0.4 is 16.0 Å². The van der Waals surface area contributed by atoms with Gasteiger partial charge < -0.3 is 44.9 Å². The zero-order valence-corrected chi connectivity index (χ0v) is 33.2. The maximum Gasteiger partial charge on any atom is 0.302 e. The summed E-state index contributed by atoms with van der Waals surface area (Å²) >= 11 is 0. The molecule has 0 saturated carbocycles. The summed E-state index contributed by atoms with van der Waals surface area (Å²) in [4.78, 5) is 63.8. The number of hydrogen-bond acceptors (Lipinski definition) is 11. The Morgan fingerprint density at radius 2 is 0.578 bits per heavy atom. The molecule has 0 atom stereocenters. The summed E-state index contributed by atoms with van der Waals surface area (Å²) < 4.78 is 12.5. The highest BCUT2D eigenvalue weighted by molar-refractivity contribution is 5.73. The molecule has 0 radical (unpaired) electrons. The molecule has 0 bridgehead atoms. The van der Waals surface area contributed by atoms with Gasteiger partial charge in [0, 0.05) is 98.0 Å². The lowest BCUT2D eigenvalue weighted by atomic mass is 10.6. The largest absolute Gasteiger partial charge is 0.469 e. The van der Waals surface area contributed by atoms with Crippen molar-refractivity contribution in [3.05, 3.63) is 0 Å². The number of carbonyl (C=O) groups is 6. The summed E-state index contributed by atoms with van der Waals surface area (Å²) in [5, 5.41) is 7.53. The quantitative estimate of drug-likeness (QED) is 0.322. The van der Waals surface area contributed by atoms with Gasteiger partial charge in [-0.25, -0.2) is 0 Å². The summed E-state index contributed by atoms with van der Waals surface area (Å²) in [6.07, 6.45) is 1.25. The van der Waals surface area contributed by atoms with Gasteiger partial charge in [-0.1, -0.05) is 20.3 Å². The Hall–Kier alpha value is -3.30. The molecule has 15 nitrogen and oxygen atoms in total. The SMILES string of the molecule is CC(=O)N(C)C.CC(=O)N(C)C.CCC.CN(C)C.CNC.CNC(C)=O.CNC(C)=O.COC.COC(C)=O.COC(C)=O. The van der Waals surface area contributed by atoms with Crippen molar-refractivity contribution in [1.82, 2.24) is 30.7 Å². The molecule has 0 heterocycles. The predicted molar refractivity (Wildman–Crippen MR) is 187 cm³/mol. The maximum atomic E-state index is 10.1. The van der Waals surface area contributed by atoms with E-state index in [1.807, 2.05) is 40.1 Å². The molecule has 0 fully saturated rings. The fraction of sp³-hybridized carbons (Fsp3) is 0.800. The lowest BCUT2D eigenvalue weighted by Gasteiger charge is -2.02. The van der Waals surface area contributed by atoms with Crippen LogP contribution >= 0.6 is 0 Å². The fourth-order valence-corrected chi connectivity index (χ4v) is 0. The molecule has 0 rings (SSSR count). The first-order valence-electron chi connectivity index (χ1n) is 13.8. The molecule has 0 saturated heterocycles. The minimum atomic E-state index is -0.245. The second-order valence-electron chi connectivity index (χ2n) is 8.79. The van der Waals surface area contributed by atoms with E-state index < -0.39 is 0 Å². The first kappa shape index (κ1) is 68.7. The number of hydrogen-bond donors (Lipinski definition) is 3. The highest BCUT2D eigenvalue weighted by Gasteiger charge is 1.88. The average molecular weight is 663 g/mol. The van der Waals surface area contributed by atoms with Gasteiger partial charge in [0.2, 0.25) is 23.6 Å². The van der Waals surface area contributed by atoms with Crippen LogP contribution in [0.15, 0.2) is 0 Å². The van der Waals surface area contributed by atoms with E-state index in [0.717, 1.165) is 0 Å². The number of nitrogens with zero attached hydrogens (tertiary/aromatic N) is 3. The molecule has 45 heavy (non-hydrogen) atoms. The van der Waals surface area contributed by atoms with Gasteiger partial charge in [-0.3, -0.25) is 28.8 Å². The first-order chi connectivity index (χ1) is 20.3.